The summed E-state index contributed by atoms with van der Waals surface area (Å²) < 4.78 is 34.1. The van der Waals surface area contributed by atoms with E-state index in [1.54, 1.807) is 12.1 Å². The number of hydrogen-bond donors (Lipinski definition) is 1. The molecule has 0 bridgehead atoms. The van der Waals surface area contributed by atoms with Gasteiger partial charge in [-0.3, -0.25) is 0 Å². The maximum atomic E-state index is 12.0. The number of hydrogen-bond acceptors (Lipinski definition) is 5. The number of sulfone groups is 1. The van der Waals surface area contributed by atoms with E-state index in [1.165, 1.54) is 20.3 Å². The summed E-state index contributed by atoms with van der Waals surface area (Å²) in [6.45, 7) is 0.345. The Hall–Kier alpha value is -1.27. The van der Waals surface area contributed by atoms with E-state index in [-0.39, 0.29) is 10.6 Å². The van der Waals surface area contributed by atoms with Gasteiger partial charge in [-0.2, -0.15) is 0 Å². The Morgan fingerprint density at radius 3 is 2.47 bits per heavy atom. The lowest BCUT2D eigenvalue weighted by atomic mass is 10.3. The SMILES string of the molecule is COc1ccc(S(=O)(=O)CCCN)c(OC)c1. The van der Waals surface area contributed by atoms with Crippen LogP contribution in [0.4, 0.5) is 0 Å². The molecule has 0 saturated carbocycles. The van der Waals surface area contributed by atoms with Crippen LogP contribution in [0, 0.1) is 0 Å². The fourth-order valence-corrected chi connectivity index (χ4v) is 2.91. The number of benzene rings is 1. The predicted octanol–water partition coefficient (Wildman–Crippen LogP) is 0.826. The van der Waals surface area contributed by atoms with Gasteiger partial charge < -0.3 is 15.2 Å². The van der Waals surface area contributed by atoms with Crippen LogP contribution in [-0.2, 0) is 9.84 Å². The molecule has 2 N–H and O–H groups in total. The largest absolute Gasteiger partial charge is 0.497 e. The monoisotopic (exact) mass is 259 g/mol. The van der Waals surface area contributed by atoms with E-state index < -0.39 is 9.84 Å². The van der Waals surface area contributed by atoms with E-state index in [0.717, 1.165) is 0 Å². The van der Waals surface area contributed by atoms with Crippen LogP contribution in [0.1, 0.15) is 6.42 Å². The summed E-state index contributed by atoms with van der Waals surface area (Å²) in [6.07, 6.45) is 0.428. The molecule has 0 atom stereocenters. The summed E-state index contributed by atoms with van der Waals surface area (Å²) >= 11 is 0. The molecular formula is C11H17NO4S. The maximum absolute atomic E-state index is 12.0. The number of nitrogens with two attached hydrogens (primary N) is 1. The van der Waals surface area contributed by atoms with E-state index >= 15 is 0 Å². The van der Waals surface area contributed by atoms with Crippen LogP contribution in [0.25, 0.3) is 0 Å². The Morgan fingerprint density at radius 2 is 1.94 bits per heavy atom. The van der Waals surface area contributed by atoms with Gasteiger partial charge in [0.2, 0.25) is 0 Å². The van der Waals surface area contributed by atoms with Crippen LogP contribution >= 0.6 is 0 Å². The van der Waals surface area contributed by atoms with Crippen molar-refractivity contribution in [3.63, 3.8) is 0 Å². The van der Waals surface area contributed by atoms with E-state index in [0.29, 0.717) is 24.5 Å². The van der Waals surface area contributed by atoms with E-state index in [1.807, 2.05) is 0 Å². The molecule has 0 saturated heterocycles. The minimum atomic E-state index is -3.35. The highest BCUT2D eigenvalue weighted by Gasteiger charge is 2.19. The van der Waals surface area contributed by atoms with Gasteiger partial charge >= 0.3 is 0 Å². The summed E-state index contributed by atoms with van der Waals surface area (Å²) in [5.74, 6) is 0.868. The van der Waals surface area contributed by atoms with Gasteiger partial charge in [0.1, 0.15) is 16.4 Å². The Labute approximate surface area is 101 Å². The van der Waals surface area contributed by atoms with Crippen LogP contribution in [0.15, 0.2) is 23.1 Å². The number of methoxy groups -OCH3 is 2. The van der Waals surface area contributed by atoms with Gasteiger partial charge in [-0.05, 0) is 25.1 Å². The molecule has 1 aromatic rings. The van der Waals surface area contributed by atoms with Crippen LogP contribution in [-0.4, -0.2) is 34.9 Å². The van der Waals surface area contributed by atoms with Crippen molar-refractivity contribution in [1.29, 1.82) is 0 Å². The number of rotatable bonds is 6. The van der Waals surface area contributed by atoms with Gasteiger partial charge in [0.25, 0.3) is 0 Å². The van der Waals surface area contributed by atoms with E-state index in [4.69, 9.17) is 15.2 Å². The molecule has 0 radical (unpaired) electrons. The molecule has 1 rings (SSSR count). The van der Waals surface area contributed by atoms with Crippen LogP contribution in [0.5, 0.6) is 11.5 Å². The molecular weight excluding hydrogens is 242 g/mol. The highest BCUT2D eigenvalue weighted by molar-refractivity contribution is 7.91. The molecule has 0 aliphatic heterocycles. The minimum Gasteiger partial charge on any atom is -0.497 e. The fraction of sp³-hybridized carbons (Fsp3) is 0.455. The lowest BCUT2D eigenvalue weighted by molar-refractivity contribution is 0.386. The quantitative estimate of drug-likeness (QED) is 0.818. The van der Waals surface area contributed by atoms with Crippen molar-refractivity contribution in [1.82, 2.24) is 0 Å². The highest BCUT2D eigenvalue weighted by Crippen LogP contribution is 2.29. The second-order valence-electron chi connectivity index (χ2n) is 3.48. The molecule has 0 aliphatic carbocycles. The summed E-state index contributed by atoms with van der Waals surface area (Å²) in [7, 11) is -0.412. The Balaban J connectivity index is 3.12. The minimum absolute atomic E-state index is 0.0200. The van der Waals surface area contributed by atoms with Crippen molar-refractivity contribution in [3.05, 3.63) is 18.2 Å². The normalized spacial score (nSPS) is 11.2. The maximum Gasteiger partial charge on any atom is 0.182 e. The van der Waals surface area contributed by atoms with E-state index in [9.17, 15) is 8.42 Å². The third-order valence-electron chi connectivity index (χ3n) is 2.32. The molecule has 0 aliphatic rings. The molecule has 5 nitrogen and oxygen atoms in total. The van der Waals surface area contributed by atoms with E-state index in [2.05, 4.69) is 0 Å². The zero-order chi connectivity index (χ0) is 12.9. The third kappa shape index (κ3) is 3.34. The Kier molecular flexibility index (Phi) is 4.77. The Morgan fingerprint density at radius 1 is 1.24 bits per heavy atom. The van der Waals surface area contributed by atoms with Gasteiger partial charge in [0, 0.05) is 6.07 Å². The first kappa shape index (κ1) is 13.8. The molecule has 0 fully saturated rings. The topological polar surface area (TPSA) is 78.6 Å². The lowest BCUT2D eigenvalue weighted by Crippen LogP contribution is -2.12. The smallest absolute Gasteiger partial charge is 0.182 e. The standard InChI is InChI=1S/C11H17NO4S/c1-15-9-4-5-11(10(8-9)16-2)17(13,14)7-3-6-12/h4-5,8H,3,6-7,12H2,1-2H3. The summed E-state index contributed by atoms with van der Waals surface area (Å²) in [5.41, 5.74) is 5.31. The predicted molar refractivity (Wildman–Crippen MR) is 65.3 cm³/mol. The zero-order valence-corrected chi connectivity index (χ0v) is 10.8. The fourth-order valence-electron chi connectivity index (χ4n) is 1.42. The third-order valence-corrected chi connectivity index (χ3v) is 4.16. The molecule has 0 aromatic heterocycles. The van der Waals surface area contributed by atoms with Crippen molar-refractivity contribution < 1.29 is 17.9 Å². The molecule has 0 spiro atoms. The van der Waals surface area contributed by atoms with Crippen molar-refractivity contribution in [2.75, 3.05) is 26.5 Å². The average molecular weight is 259 g/mol. The van der Waals surface area contributed by atoms with Gasteiger partial charge in [-0.1, -0.05) is 0 Å². The summed E-state index contributed by atoms with van der Waals surface area (Å²) in [6, 6.07) is 4.64. The first-order valence-electron chi connectivity index (χ1n) is 5.20. The molecule has 96 valence electrons. The van der Waals surface area contributed by atoms with Gasteiger partial charge in [-0.15, -0.1) is 0 Å². The van der Waals surface area contributed by atoms with Crippen LogP contribution < -0.4 is 15.2 Å². The highest BCUT2D eigenvalue weighted by atomic mass is 32.2. The first-order chi connectivity index (χ1) is 8.05. The van der Waals surface area contributed by atoms with Crippen molar-refractivity contribution in [2.24, 2.45) is 5.73 Å². The molecule has 6 heteroatoms. The summed E-state index contributed by atoms with van der Waals surface area (Å²) in [4.78, 5) is 0.175. The van der Waals surface area contributed by atoms with Gasteiger partial charge in [-0.25, -0.2) is 8.42 Å². The molecule has 0 unspecified atom stereocenters. The second kappa shape index (κ2) is 5.88. The van der Waals surface area contributed by atoms with Gasteiger partial charge in [0.15, 0.2) is 9.84 Å². The van der Waals surface area contributed by atoms with Crippen molar-refractivity contribution in [2.45, 2.75) is 11.3 Å². The molecule has 0 amide bonds. The molecule has 17 heavy (non-hydrogen) atoms. The Bertz CT molecular complexity index is 470. The number of ether oxygens (including phenoxy) is 2. The van der Waals surface area contributed by atoms with Crippen molar-refractivity contribution >= 4 is 9.84 Å². The molecule has 0 heterocycles. The summed E-state index contributed by atoms with van der Waals surface area (Å²) in [5, 5.41) is 0. The molecule has 1 aromatic carbocycles. The first-order valence-corrected chi connectivity index (χ1v) is 6.85. The van der Waals surface area contributed by atoms with Crippen molar-refractivity contribution in [3.8, 4) is 11.5 Å². The second-order valence-corrected chi connectivity index (χ2v) is 5.56. The average Bonchev–Trinajstić information content (AvgIpc) is 2.35. The van der Waals surface area contributed by atoms with Crippen LogP contribution in [0.3, 0.4) is 0 Å². The lowest BCUT2D eigenvalue weighted by Gasteiger charge is -2.10. The van der Waals surface area contributed by atoms with Gasteiger partial charge in [0.05, 0.1) is 20.0 Å². The zero-order valence-electron chi connectivity index (χ0n) is 9.97. The van der Waals surface area contributed by atoms with Crippen LogP contribution in [0.2, 0.25) is 0 Å².